The van der Waals surface area contributed by atoms with Gasteiger partial charge in [-0.05, 0) is 42.4 Å². The summed E-state index contributed by atoms with van der Waals surface area (Å²) < 4.78 is 4.60. The maximum absolute atomic E-state index is 11.4. The van der Waals surface area contributed by atoms with Gasteiger partial charge < -0.3 is 4.74 Å². The van der Waals surface area contributed by atoms with Crippen LogP contribution in [0.4, 0.5) is 0 Å². The van der Waals surface area contributed by atoms with Crippen LogP contribution in [-0.4, -0.2) is 11.9 Å². The van der Waals surface area contributed by atoms with Gasteiger partial charge in [-0.3, -0.25) is 9.59 Å². The molecule has 0 atom stereocenters. The van der Waals surface area contributed by atoms with Gasteiger partial charge in [-0.2, -0.15) is 0 Å². The van der Waals surface area contributed by atoms with Crippen molar-refractivity contribution in [3.63, 3.8) is 0 Å². The van der Waals surface area contributed by atoms with Crippen molar-refractivity contribution in [3.8, 4) is 0 Å². The Morgan fingerprint density at radius 1 is 1.00 bits per heavy atom. The molecule has 0 N–H and O–H groups in total. The van der Waals surface area contributed by atoms with Gasteiger partial charge in [-0.15, -0.1) is 0 Å². The Labute approximate surface area is 106 Å². The Kier molecular flexibility index (Phi) is 2.90. The number of rotatable bonds is 1. The van der Waals surface area contributed by atoms with E-state index in [1.807, 2.05) is 6.07 Å². The molecule has 1 heterocycles. The normalized spacial score (nSPS) is 20.4. The second kappa shape index (κ2) is 4.56. The van der Waals surface area contributed by atoms with E-state index >= 15 is 0 Å². The molecule has 1 aliphatic carbocycles. The second-order valence-electron chi connectivity index (χ2n) is 5.14. The summed E-state index contributed by atoms with van der Waals surface area (Å²) in [6.07, 6.45) is 5.31. The third-order valence-corrected chi connectivity index (χ3v) is 3.93. The summed E-state index contributed by atoms with van der Waals surface area (Å²) in [5.41, 5.74) is 3.96. The molecular weight excluding hydrogens is 228 g/mol. The standard InChI is InChI=1S/C15H16O3/c16-14-8-11(9-15(17)18-14)13-7-3-5-10-4-1-2-6-12(10)13/h3,5,7,11H,1-2,4,6,8-9H2. The van der Waals surface area contributed by atoms with Gasteiger partial charge in [0.25, 0.3) is 0 Å². The van der Waals surface area contributed by atoms with Crippen LogP contribution in [-0.2, 0) is 27.2 Å². The van der Waals surface area contributed by atoms with E-state index in [1.54, 1.807) is 0 Å². The van der Waals surface area contributed by atoms with E-state index in [-0.39, 0.29) is 17.9 Å². The number of esters is 2. The van der Waals surface area contributed by atoms with Crippen LogP contribution in [0.5, 0.6) is 0 Å². The van der Waals surface area contributed by atoms with E-state index < -0.39 is 0 Å². The van der Waals surface area contributed by atoms with Gasteiger partial charge in [-0.25, -0.2) is 0 Å². The molecule has 0 bridgehead atoms. The molecule has 0 spiro atoms. The molecule has 0 aromatic heterocycles. The lowest BCUT2D eigenvalue weighted by molar-refractivity contribution is -0.163. The average molecular weight is 244 g/mol. The predicted molar refractivity (Wildman–Crippen MR) is 66.2 cm³/mol. The van der Waals surface area contributed by atoms with E-state index in [0.717, 1.165) is 12.8 Å². The molecule has 0 radical (unpaired) electrons. The minimum absolute atomic E-state index is 0.0202. The molecule has 1 fully saturated rings. The van der Waals surface area contributed by atoms with Crippen molar-refractivity contribution in [3.05, 3.63) is 34.9 Å². The Bertz CT molecular complexity index is 488. The number of hydrogen-bond donors (Lipinski definition) is 0. The fraction of sp³-hybridized carbons (Fsp3) is 0.467. The van der Waals surface area contributed by atoms with Crippen molar-refractivity contribution in [1.82, 2.24) is 0 Å². The zero-order valence-electron chi connectivity index (χ0n) is 10.3. The van der Waals surface area contributed by atoms with Gasteiger partial charge in [0.2, 0.25) is 0 Å². The number of carbonyl (C=O) groups is 2. The molecule has 3 nitrogen and oxygen atoms in total. The van der Waals surface area contributed by atoms with Crippen molar-refractivity contribution in [2.24, 2.45) is 0 Å². The van der Waals surface area contributed by atoms with Crippen LogP contribution in [0.3, 0.4) is 0 Å². The summed E-state index contributed by atoms with van der Waals surface area (Å²) in [5, 5.41) is 0. The Balaban J connectivity index is 1.96. The maximum atomic E-state index is 11.4. The largest absolute Gasteiger partial charge is 0.393 e. The zero-order valence-corrected chi connectivity index (χ0v) is 10.3. The summed E-state index contributed by atoms with van der Waals surface area (Å²) in [6, 6.07) is 6.28. The van der Waals surface area contributed by atoms with Crippen molar-refractivity contribution >= 4 is 11.9 Å². The third-order valence-electron chi connectivity index (χ3n) is 3.93. The molecule has 1 aromatic rings. The molecule has 3 rings (SSSR count). The van der Waals surface area contributed by atoms with E-state index in [4.69, 9.17) is 0 Å². The summed E-state index contributed by atoms with van der Waals surface area (Å²) in [7, 11) is 0. The van der Waals surface area contributed by atoms with Crippen molar-refractivity contribution in [1.29, 1.82) is 0 Å². The number of hydrogen-bond acceptors (Lipinski definition) is 3. The first-order chi connectivity index (χ1) is 8.74. The highest BCUT2D eigenvalue weighted by molar-refractivity contribution is 5.89. The quantitative estimate of drug-likeness (QED) is 0.563. The SMILES string of the molecule is O=C1CC(c2cccc3c2CCCC3)CC(=O)O1. The fourth-order valence-corrected chi connectivity index (χ4v) is 3.10. The molecular formula is C15H16O3. The maximum Gasteiger partial charge on any atom is 0.314 e. The minimum Gasteiger partial charge on any atom is -0.393 e. The molecule has 1 saturated heterocycles. The number of carbonyl (C=O) groups excluding carboxylic acids is 2. The zero-order chi connectivity index (χ0) is 12.5. The van der Waals surface area contributed by atoms with E-state index in [0.29, 0.717) is 12.8 Å². The average Bonchev–Trinajstić information content (AvgIpc) is 2.37. The van der Waals surface area contributed by atoms with Crippen molar-refractivity contribution in [2.45, 2.75) is 44.4 Å². The second-order valence-corrected chi connectivity index (χ2v) is 5.14. The smallest absolute Gasteiger partial charge is 0.314 e. The number of aryl methyl sites for hydroxylation is 1. The van der Waals surface area contributed by atoms with Crippen molar-refractivity contribution < 1.29 is 14.3 Å². The van der Waals surface area contributed by atoms with Gasteiger partial charge in [0.1, 0.15) is 0 Å². The Morgan fingerprint density at radius 3 is 2.50 bits per heavy atom. The molecule has 2 aliphatic rings. The first kappa shape index (κ1) is 11.5. The Morgan fingerprint density at radius 2 is 1.72 bits per heavy atom. The van der Waals surface area contributed by atoms with Crippen molar-refractivity contribution in [2.75, 3.05) is 0 Å². The monoisotopic (exact) mass is 244 g/mol. The van der Waals surface area contributed by atoms with Gasteiger partial charge >= 0.3 is 11.9 Å². The van der Waals surface area contributed by atoms with Gasteiger partial charge in [0.15, 0.2) is 0 Å². The van der Waals surface area contributed by atoms with Gasteiger partial charge in [-0.1, -0.05) is 18.2 Å². The topological polar surface area (TPSA) is 43.4 Å². The predicted octanol–water partition coefficient (Wildman–Crippen LogP) is 2.51. The molecule has 94 valence electrons. The Hall–Kier alpha value is -1.64. The van der Waals surface area contributed by atoms with E-state index in [1.165, 1.54) is 29.5 Å². The highest BCUT2D eigenvalue weighted by atomic mass is 16.6. The van der Waals surface area contributed by atoms with Gasteiger partial charge in [0, 0.05) is 5.92 Å². The van der Waals surface area contributed by atoms with Crippen LogP contribution in [0, 0.1) is 0 Å². The van der Waals surface area contributed by atoms with Gasteiger partial charge in [0.05, 0.1) is 12.8 Å². The van der Waals surface area contributed by atoms with Crippen LogP contribution < -0.4 is 0 Å². The third kappa shape index (κ3) is 2.05. The lowest BCUT2D eigenvalue weighted by Gasteiger charge is -2.26. The van der Waals surface area contributed by atoms with E-state index in [9.17, 15) is 9.59 Å². The van der Waals surface area contributed by atoms with Crippen LogP contribution in [0.25, 0.3) is 0 Å². The highest BCUT2D eigenvalue weighted by Gasteiger charge is 2.30. The lowest BCUT2D eigenvalue weighted by atomic mass is 9.81. The fourth-order valence-electron chi connectivity index (χ4n) is 3.10. The summed E-state index contributed by atoms with van der Waals surface area (Å²) in [6.45, 7) is 0. The minimum atomic E-state index is -0.385. The van der Waals surface area contributed by atoms with Crippen LogP contribution >= 0.6 is 0 Å². The highest BCUT2D eigenvalue weighted by Crippen LogP contribution is 2.34. The molecule has 0 unspecified atom stereocenters. The molecule has 18 heavy (non-hydrogen) atoms. The molecule has 0 amide bonds. The number of ether oxygens (including phenoxy) is 1. The molecule has 0 saturated carbocycles. The summed E-state index contributed by atoms with van der Waals surface area (Å²) in [5.74, 6) is -0.749. The van der Waals surface area contributed by atoms with Crippen LogP contribution in [0.1, 0.15) is 48.3 Å². The lowest BCUT2D eigenvalue weighted by Crippen LogP contribution is -2.25. The van der Waals surface area contributed by atoms with Crippen LogP contribution in [0.2, 0.25) is 0 Å². The molecule has 1 aromatic carbocycles. The first-order valence-electron chi connectivity index (χ1n) is 6.58. The molecule has 1 aliphatic heterocycles. The molecule has 3 heteroatoms. The number of cyclic esters (lactones) is 2. The summed E-state index contributed by atoms with van der Waals surface area (Å²) in [4.78, 5) is 22.8. The van der Waals surface area contributed by atoms with Crippen LogP contribution in [0.15, 0.2) is 18.2 Å². The summed E-state index contributed by atoms with van der Waals surface area (Å²) >= 11 is 0. The first-order valence-corrected chi connectivity index (χ1v) is 6.58. The number of benzene rings is 1. The number of fused-ring (bicyclic) bond motifs is 1. The van der Waals surface area contributed by atoms with E-state index in [2.05, 4.69) is 16.9 Å².